The van der Waals surface area contributed by atoms with Crippen molar-refractivity contribution in [2.24, 2.45) is 0 Å². The second kappa shape index (κ2) is 8.03. The Bertz CT molecular complexity index is 284. The van der Waals surface area contributed by atoms with Crippen LogP contribution in [0.3, 0.4) is 0 Å². The zero-order chi connectivity index (χ0) is 11.8. The third-order valence-corrected chi connectivity index (χ3v) is 3.42. The van der Waals surface area contributed by atoms with Crippen LogP contribution in [0, 0.1) is 0 Å². The molecule has 0 saturated heterocycles. The summed E-state index contributed by atoms with van der Waals surface area (Å²) in [5.74, 6) is 0. The lowest BCUT2D eigenvalue weighted by Crippen LogP contribution is -2.00. The number of unbranched alkanes of at least 4 members (excludes halogenated alkanes) is 4. The Balaban J connectivity index is 2.12. The Labute approximate surface area is 112 Å². The highest BCUT2D eigenvalue weighted by Gasteiger charge is 2.02. The first-order valence-corrected chi connectivity index (χ1v) is 7.73. The van der Waals surface area contributed by atoms with E-state index in [1.807, 2.05) is 4.68 Å². The summed E-state index contributed by atoms with van der Waals surface area (Å²) >= 11 is 2.45. The normalized spacial score (nSPS) is 11.2. The van der Waals surface area contributed by atoms with E-state index >= 15 is 0 Å². The van der Waals surface area contributed by atoms with Crippen molar-refractivity contribution < 1.29 is 0 Å². The minimum Gasteiger partial charge on any atom is -0.250 e. The van der Waals surface area contributed by atoms with E-state index in [2.05, 4.69) is 52.9 Å². The van der Waals surface area contributed by atoms with E-state index in [0.29, 0.717) is 6.04 Å². The second-order valence-corrected chi connectivity index (χ2v) is 5.57. The fourth-order valence-electron chi connectivity index (χ4n) is 1.61. The van der Waals surface area contributed by atoms with Gasteiger partial charge in [-0.05, 0) is 37.5 Å². The molecule has 92 valence electrons. The summed E-state index contributed by atoms with van der Waals surface area (Å²) in [6.45, 7) is 4.25. The molecule has 0 saturated carbocycles. The fraction of sp³-hybridized carbons (Fsp3) is 0.833. The minimum absolute atomic E-state index is 0.421. The molecule has 16 heavy (non-hydrogen) atoms. The Hall–Kier alpha value is -0.130. The van der Waals surface area contributed by atoms with Gasteiger partial charge in [-0.2, -0.15) is 0 Å². The molecule has 4 heteroatoms. The molecule has 0 aliphatic carbocycles. The van der Waals surface area contributed by atoms with Crippen LogP contribution in [-0.2, 0) is 6.42 Å². The Morgan fingerprint density at radius 1 is 1.19 bits per heavy atom. The summed E-state index contributed by atoms with van der Waals surface area (Å²) in [6, 6.07) is 0.421. The quantitative estimate of drug-likeness (QED) is 0.411. The van der Waals surface area contributed by atoms with Gasteiger partial charge in [0.2, 0.25) is 0 Å². The van der Waals surface area contributed by atoms with Crippen molar-refractivity contribution in [3.8, 4) is 0 Å². The van der Waals surface area contributed by atoms with E-state index in [-0.39, 0.29) is 0 Å². The van der Waals surface area contributed by atoms with Crippen LogP contribution in [0.15, 0.2) is 6.20 Å². The smallest absolute Gasteiger partial charge is 0.0827 e. The number of nitrogens with zero attached hydrogens (tertiary/aromatic N) is 3. The maximum atomic E-state index is 4.18. The van der Waals surface area contributed by atoms with Gasteiger partial charge in [-0.15, -0.1) is 5.10 Å². The summed E-state index contributed by atoms with van der Waals surface area (Å²) in [6.07, 6.45) is 9.84. The second-order valence-electron chi connectivity index (χ2n) is 4.49. The molecule has 0 aliphatic rings. The van der Waals surface area contributed by atoms with Crippen molar-refractivity contribution in [3.63, 3.8) is 0 Å². The van der Waals surface area contributed by atoms with E-state index in [9.17, 15) is 0 Å². The van der Waals surface area contributed by atoms with Crippen molar-refractivity contribution in [3.05, 3.63) is 11.9 Å². The molecule has 1 aromatic heterocycles. The maximum absolute atomic E-state index is 4.18. The van der Waals surface area contributed by atoms with E-state index in [0.717, 1.165) is 12.1 Å². The monoisotopic (exact) mass is 335 g/mol. The van der Waals surface area contributed by atoms with Gasteiger partial charge in [0, 0.05) is 12.2 Å². The number of aryl methyl sites for hydroxylation is 1. The molecular formula is C12H22IN3. The van der Waals surface area contributed by atoms with Gasteiger partial charge in [-0.3, -0.25) is 0 Å². The van der Waals surface area contributed by atoms with Crippen LogP contribution in [0.25, 0.3) is 0 Å². The van der Waals surface area contributed by atoms with Crippen LogP contribution in [0.2, 0.25) is 0 Å². The molecule has 0 bridgehead atoms. The van der Waals surface area contributed by atoms with Crippen molar-refractivity contribution >= 4 is 22.6 Å². The summed E-state index contributed by atoms with van der Waals surface area (Å²) in [7, 11) is 0. The first-order valence-electron chi connectivity index (χ1n) is 6.20. The zero-order valence-electron chi connectivity index (χ0n) is 10.3. The number of alkyl halides is 1. The van der Waals surface area contributed by atoms with Gasteiger partial charge in [-0.1, -0.05) is 47.1 Å². The molecule has 1 aromatic rings. The molecule has 0 unspecified atom stereocenters. The third-order valence-electron chi connectivity index (χ3n) is 2.65. The summed E-state index contributed by atoms with van der Waals surface area (Å²) in [4.78, 5) is 0. The molecule has 0 aliphatic heterocycles. The summed E-state index contributed by atoms with van der Waals surface area (Å²) < 4.78 is 3.23. The third kappa shape index (κ3) is 5.27. The van der Waals surface area contributed by atoms with Crippen LogP contribution in [0.4, 0.5) is 0 Å². The van der Waals surface area contributed by atoms with Gasteiger partial charge in [0.1, 0.15) is 0 Å². The van der Waals surface area contributed by atoms with Gasteiger partial charge in [0.05, 0.1) is 5.69 Å². The van der Waals surface area contributed by atoms with E-state index in [4.69, 9.17) is 0 Å². The lowest BCUT2D eigenvalue weighted by Gasteiger charge is -2.01. The Kier molecular flexibility index (Phi) is 7.00. The van der Waals surface area contributed by atoms with E-state index < -0.39 is 0 Å². The SMILES string of the molecule is CC(C)n1cc(CCCCCCCI)nn1. The van der Waals surface area contributed by atoms with Crippen molar-refractivity contribution in [1.29, 1.82) is 0 Å². The van der Waals surface area contributed by atoms with Crippen LogP contribution in [-0.4, -0.2) is 19.4 Å². The predicted molar refractivity (Wildman–Crippen MR) is 76.1 cm³/mol. The first kappa shape index (κ1) is 13.9. The van der Waals surface area contributed by atoms with Gasteiger partial charge in [0.15, 0.2) is 0 Å². The van der Waals surface area contributed by atoms with Crippen LogP contribution >= 0.6 is 22.6 Å². The number of hydrogen-bond donors (Lipinski definition) is 0. The molecule has 1 heterocycles. The van der Waals surface area contributed by atoms with Gasteiger partial charge >= 0.3 is 0 Å². The minimum atomic E-state index is 0.421. The highest BCUT2D eigenvalue weighted by atomic mass is 127. The molecule has 0 radical (unpaired) electrons. The van der Waals surface area contributed by atoms with Crippen molar-refractivity contribution in [2.45, 2.75) is 58.4 Å². The highest BCUT2D eigenvalue weighted by Crippen LogP contribution is 2.09. The van der Waals surface area contributed by atoms with Gasteiger partial charge in [0.25, 0.3) is 0 Å². The number of aromatic nitrogens is 3. The topological polar surface area (TPSA) is 30.7 Å². The highest BCUT2D eigenvalue weighted by molar-refractivity contribution is 14.1. The van der Waals surface area contributed by atoms with Crippen molar-refractivity contribution in [2.75, 3.05) is 4.43 Å². The average molecular weight is 335 g/mol. The maximum Gasteiger partial charge on any atom is 0.0827 e. The molecular weight excluding hydrogens is 313 g/mol. The lowest BCUT2D eigenvalue weighted by atomic mass is 10.1. The van der Waals surface area contributed by atoms with Crippen LogP contribution in [0.1, 0.15) is 57.7 Å². The summed E-state index contributed by atoms with van der Waals surface area (Å²) in [5.41, 5.74) is 1.14. The molecule has 0 aromatic carbocycles. The Morgan fingerprint density at radius 3 is 2.50 bits per heavy atom. The van der Waals surface area contributed by atoms with E-state index in [1.165, 1.54) is 36.5 Å². The van der Waals surface area contributed by atoms with Crippen LogP contribution in [0.5, 0.6) is 0 Å². The molecule has 0 N–H and O–H groups in total. The predicted octanol–water partition coefficient (Wildman–Crippen LogP) is 3.79. The molecule has 1 rings (SSSR count). The fourth-order valence-corrected chi connectivity index (χ4v) is 2.15. The Morgan fingerprint density at radius 2 is 1.88 bits per heavy atom. The largest absolute Gasteiger partial charge is 0.250 e. The van der Waals surface area contributed by atoms with Gasteiger partial charge in [-0.25, -0.2) is 4.68 Å². The zero-order valence-corrected chi connectivity index (χ0v) is 12.5. The molecule has 0 spiro atoms. The van der Waals surface area contributed by atoms with Gasteiger partial charge < -0.3 is 0 Å². The number of hydrogen-bond acceptors (Lipinski definition) is 2. The lowest BCUT2D eigenvalue weighted by molar-refractivity contribution is 0.514. The average Bonchev–Trinajstić information content (AvgIpc) is 2.72. The molecule has 3 nitrogen and oxygen atoms in total. The number of halogens is 1. The van der Waals surface area contributed by atoms with Crippen LogP contribution < -0.4 is 0 Å². The molecule has 0 amide bonds. The van der Waals surface area contributed by atoms with E-state index in [1.54, 1.807) is 0 Å². The standard InChI is InChI=1S/C12H22IN3/c1-11(2)16-10-12(14-15-16)8-6-4-3-5-7-9-13/h10-11H,3-9H2,1-2H3. The molecule has 0 fully saturated rings. The van der Waals surface area contributed by atoms with Crippen molar-refractivity contribution in [1.82, 2.24) is 15.0 Å². The molecule has 0 atom stereocenters. The first-order chi connectivity index (χ1) is 7.74. The number of rotatable bonds is 8. The summed E-state index contributed by atoms with van der Waals surface area (Å²) in [5, 5.41) is 8.29.